The molecule has 0 aromatic rings. The van der Waals surface area contributed by atoms with Crippen LogP contribution in [0.2, 0.25) is 0 Å². The van der Waals surface area contributed by atoms with E-state index in [4.69, 9.17) is 0 Å². The van der Waals surface area contributed by atoms with Crippen molar-refractivity contribution in [2.45, 2.75) is 21.2 Å². The lowest BCUT2D eigenvalue weighted by molar-refractivity contribution is 0.0703. The van der Waals surface area contributed by atoms with Crippen LogP contribution in [-0.2, 0) is 0 Å². The fraction of sp³-hybridized carbons (Fsp3) is 1.00. The van der Waals surface area contributed by atoms with Crippen molar-refractivity contribution in [3.8, 4) is 0 Å². The lowest BCUT2D eigenvalue weighted by atomic mass is 9.64. The lowest BCUT2D eigenvalue weighted by Gasteiger charge is -2.40. The molecule has 0 aromatic heterocycles. The van der Waals surface area contributed by atoms with Crippen molar-refractivity contribution in [1.29, 1.82) is 0 Å². The summed E-state index contributed by atoms with van der Waals surface area (Å²) in [5.41, 5.74) is 0.782. The molecule has 76 valence electrons. The molecule has 14 heavy (non-hydrogen) atoms. The maximum Gasteiger partial charge on any atom is 0.0203 e. The standard InChI is InChI=1S/C12H14I2/c1-12-8-4-2-3-5(6(4)11(12)14)9(12)10(13)7(3)8/h3-11H,2H2,1H3/t3-,4+,5-,6-,7+,8-,9-,10+,11+,12-/m0/s1. The highest BCUT2D eigenvalue weighted by molar-refractivity contribution is 14.1. The van der Waals surface area contributed by atoms with Crippen molar-refractivity contribution in [1.82, 2.24) is 0 Å². The van der Waals surface area contributed by atoms with Crippen LogP contribution in [0.1, 0.15) is 13.3 Å². The topological polar surface area (TPSA) is 0 Å². The Morgan fingerprint density at radius 3 is 2.50 bits per heavy atom. The maximum atomic E-state index is 2.82. The Bertz CT molecular complexity index is 348. The predicted octanol–water partition coefficient (Wildman–Crippen LogP) is 3.37. The summed E-state index contributed by atoms with van der Waals surface area (Å²) < 4.78 is 2.10. The molecule has 0 N–H and O–H groups in total. The Hall–Kier alpha value is 1.46. The first-order valence-corrected chi connectivity index (χ1v) is 8.44. The van der Waals surface area contributed by atoms with Crippen LogP contribution in [0, 0.1) is 46.8 Å². The van der Waals surface area contributed by atoms with Crippen LogP contribution in [0.3, 0.4) is 0 Å². The molecule has 6 aliphatic rings. The zero-order valence-electron chi connectivity index (χ0n) is 8.16. The van der Waals surface area contributed by atoms with Gasteiger partial charge >= 0.3 is 0 Å². The summed E-state index contributed by atoms with van der Waals surface area (Å²) in [5, 5.41) is 0. The molecule has 6 aliphatic carbocycles. The Morgan fingerprint density at radius 1 is 1.00 bits per heavy atom. The molecule has 0 spiro atoms. The van der Waals surface area contributed by atoms with Crippen LogP contribution < -0.4 is 0 Å². The van der Waals surface area contributed by atoms with Crippen molar-refractivity contribution in [2.75, 3.05) is 0 Å². The fourth-order valence-electron chi connectivity index (χ4n) is 6.99. The SMILES string of the molecule is C[C@]12[C@@H]3[C@H](I)[C@@H]4[C@H]5C[C@H]([C@@H]([C@H]53)[C@H]1I)[C@@H]42. The number of rotatable bonds is 0. The van der Waals surface area contributed by atoms with Gasteiger partial charge in [0, 0.05) is 7.85 Å². The summed E-state index contributed by atoms with van der Waals surface area (Å²) in [6, 6.07) is 0. The van der Waals surface area contributed by atoms with Crippen molar-refractivity contribution < 1.29 is 0 Å². The highest BCUT2D eigenvalue weighted by Gasteiger charge is 2.86. The van der Waals surface area contributed by atoms with Gasteiger partial charge in [-0.05, 0) is 53.3 Å². The van der Waals surface area contributed by atoms with E-state index in [1.165, 1.54) is 17.8 Å². The highest BCUT2D eigenvalue weighted by Crippen LogP contribution is 2.89. The molecule has 10 atom stereocenters. The molecule has 6 fully saturated rings. The van der Waals surface area contributed by atoms with E-state index in [0.717, 1.165) is 36.9 Å². The van der Waals surface area contributed by atoms with Gasteiger partial charge in [-0.3, -0.25) is 0 Å². The number of halogens is 2. The molecule has 2 heteroatoms. The second-order valence-electron chi connectivity index (χ2n) is 6.56. The van der Waals surface area contributed by atoms with Gasteiger partial charge in [-0.25, -0.2) is 0 Å². The van der Waals surface area contributed by atoms with Gasteiger partial charge in [0.25, 0.3) is 0 Å². The largest absolute Gasteiger partial charge is 0.0820 e. The summed E-state index contributed by atoms with van der Waals surface area (Å²) in [6.45, 7) is 2.65. The minimum absolute atomic E-state index is 0.782. The van der Waals surface area contributed by atoms with E-state index >= 15 is 0 Å². The first kappa shape index (κ1) is 8.54. The van der Waals surface area contributed by atoms with E-state index in [-0.39, 0.29) is 0 Å². The van der Waals surface area contributed by atoms with Crippen molar-refractivity contribution in [2.24, 2.45) is 46.8 Å². The third-order valence-electron chi connectivity index (χ3n) is 6.84. The highest BCUT2D eigenvalue weighted by atomic mass is 127. The van der Waals surface area contributed by atoms with E-state index in [0.29, 0.717) is 0 Å². The van der Waals surface area contributed by atoms with Gasteiger partial charge < -0.3 is 0 Å². The third-order valence-corrected chi connectivity index (χ3v) is 10.6. The molecule has 0 aromatic carbocycles. The second-order valence-corrected chi connectivity index (χ2v) is 9.34. The van der Waals surface area contributed by atoms with Crippen LogP contribution in [0.5, 0.6) is 0 Å². The molecule has 6 bridgehead atoms. The number of hydrogen-bond acceptors (Lipinski definition) is 0. The molecular formula is C12H14I2. The normalized spacial score (nSPS) is 85.5. The summed E-state index contributed by atoms with van der Waals surface area (Å²) >= 11 is 5.64. The second kappa shape index (κ2) is 2.08. The smallest absolute Gasteiger partial charge is 0.0203 e. The molecule has 0 saturated heterocycles. The molecule has 0 unspecified atom stereocenters. The van der Waals surface area contributed by atoms with Crippen molar-refractivity contribution in [3.63, 3.8) is 0 Å². The monoisotopic (exact) mass is 412 g/mol. The van der Waals surface area contributed by atoms with Gasteiger partial charge in [-0.2, -0.15) is 0 Å². The summed E-state index contributed by atoms with van der Waals surface area (Å²) in [6.07, 6.45) is 1.63. The minimum atomic E-state index is 0.782. The summed E-state index contributed by atoms with van der Waals surface area (Å²) in [7, 11) is 0. The van der Waals surface area contributed by atoms with Crippen LogP contribution in [0.15, 0.2) is 0 Å². The zero-order valence-corrected chi connectivity index (χ0v) is 12.5. The average Bonchev–Trinajstić information content (AvgIpc) is 2.81. The molecule has 6 saturated carbocycles. The van der Waals surface area contributed by atoms with Gasteiger partial charge in [0.2, 0.25) is 0 Å². The molecule has 0 radical (unpaired) electrons. The molecule has 0 heterocycles. The molecule has 0 aliphatic heterocycles. The van der Waals surface area contributed by atoms with E-state index in [1.807, 2.05) is 0 Å². The number of alkyl halides is 2. The van der Waals surface area contributed by atoms with E-state index in [1.54, 1.807) is 6.42 Å². The van der Waals surface area contributed by atoms with E-state index in [2.05, 4.69) is 52.1 Å². The van der Waals surface area contributed by atoms with Gasteiger partial charge in [-0.15, -0.1) is 0 Å². The van der Waals surface area contributed by atoms with Crippen molar-refractivity contribution >= 4 is 45.2 Å². The Morgan fingerprint density at radius 2 is 1.79 bits per heavy atom. The third kappa shape index (κ3) is 0.519. The quantitative estimate of drug-likeness (QED) is 0.423. The molecule has 6 rings (SSSR count). The van der Waals surface area contributed by atoms with Gasteiger partial charge in [0.05, 0.1) is 0 Å². The number of hydrogen-bond donors (Lipinski definition) is 0. The van der Waals surface area contributed by atoms with Crippen LogP contribution in [0.4, 0.5) is 0 Å². The van der Waals surface area contributed by atoms with Crippen molar-refractivity contribution in [3.05, 3.63) is 0 Å². The molecule has 0 amide bonds. The van der Waals surface area contributed by atoms with Gasteiger partial charge in [0.1, 0.15) is 0 Å². The van der Waals surface area contributed by atoms with Crippen LogP contribution in [0.25, 0.3) is 0 Å². The zero-order chi connectivity index (χ0) is 9.40. The average molecular weight is 412 g/mol. The maximum absolute atomic E-state index is 2.82. The first-order chi connectivity index (χ1) is 6.67. The lowest BCUT2D eigenvalue weighted by Crippen LogP contribution is -2.37. The minimum Gasteiger partial charge on any atom is -0.0820 e. The Labute approximate surface area is 112 Å². The van der Waals surface area contributed by atoms with Gasteiger partial charge in [-0.1, -0.05) is 52.1 Å². The van der Waals surface area contributed by atoms with Crippen LogP contribution >= 0.6 is 45.2 Å². The Balaban J connectivity index is 1.88. The van der Waals surface area contributed by atoms with E-state index < -0.39 is 0 Å². The predicted molar refractivity (Wildman–Crippen MR) is 72.8 cm³/mol. The first-order valence-electron chi connectivity index (χ1n) is 5.95. The Kier molecular flexibility index (Phi) is 1.27. The van der Waals surface area contributed by atoms with E-state index in [9.17, 15) is 0 Å². The van der Waals surface area contributed by atoms with Crippen LogP contribution in [-0.4, -0.2) is 7.85 Å². The molecule has 0 nitrogen and oxygen atoms in total. The summed E-state index contributed by atoms with van der Waals surface area (Å²) in [5.74, 6) is 8.18. The molecular weight excluding hydrogens is 398 g/mol. The fourth-order valence-corrected chi connectivity index (χ4v) is 11.1. The van der Waals surface area contributed by atoms with Gasteiger partial charge in [0.15, 0.2) is 0 Å². The summed E-state index contributed by atoms with van der Waals surface area (Å²) in [4.78, 5) is 0.